The molecular weight excluding hydrogens is 178 g/mol. The van der Waals surface area contributed by atoms with Gasteiger partial charge in [-0.05, 0) is 31.6 Å². The molecule has 14 heavy (non-hydrogen) atoms. The lowest BCUT2D eigenvalue weighted by atomic mass is 10.0. The number of ether oxygens (including phenoxy) is 1. The number of hydrogen-bond donors (Lipinski definition) is 1. The van der Waals surface area contributed by atoms with Crippen LogP contribution in [0.1, 0.15) is 39.5 Å². The topological polar surface area (TPSA) is 38.3 Å². The van der Waals surface area contributed by atoms with Gasteiger partial charge in [-0.3, -0.25) is 4.79 Å². The summed E-state index contributed by atoms with van der Waals surface area (Å²) >= 11 is 0. The minimum atomic E-state index is -0.139. The van der Waals surface area contributed by atoms with E-state index in [9.17, 15) is 4.79 Å². The highest BCUT2D eigenvalue weighted by molar-refractivity contribution is 5.71. The molecule has 1 aliphatic carbocycles. The summed E-state index contributed by atoms with van der Waals surface area (Å²) in [6.45, 7) is 5.85. The zero-order valence-electron chi connectivity index (χ0n) is 9.27. The average Bonchev–Trinajstić information content (AvgIpc) is 2.86. The predicted molar refractivity (Wildman–Crippen MR) is 56.1 cm³/mol. The first kappa shape index (κ1) is 11.5. The van der Waals surface area contributed by atoms with Gasteiger partial charge in [0, 0.05) is 6.54 Å². The molecule has 0 unspecified atom stereocenters. The first-order valence-corrected chi connectivity index (χ1v) is 5.59. The van der Waals surface area contributed by atoms with Crippen molar-refractivity contribution in [2.75, 3.05) is 19.7 Å². The van der Waals surface area contributed by atoms with Crippen LogP contribution in [0.3, 0.4) is 0 Å². The maximum Gasteiger partial charge on any atom is 0.319 e. The van der Waals surface area contributed by atoms with Crippen LogP contribution >= 0.6 is 0 Å². The summed E-state index contributed by atoms with van der Waals surface area (Å²) in [4.78, 5) is 11.0. The number of hydrogen-bond acceptors (Lipinski definition) is 3. The molecule has 1 saturated carbocycles. The minimum Gasteiger partial charge on any atom is -0.465 e. The van der Waals surface area contributed by atoms with E-state index in [-0.39, 0.29) is 5.97 Å². The Hall–Kier alpha value is -0.570. The molecule has 0 bridgehead atoms. The molecule has 0 heterocycles. The molecular formula is C11H21NO2. The van der Waals surface area contributed by atoms with Crippen LogP contribution in [0.2, 0.25) is 0 Å². The first-order valence-electron chi connectivity index (χ1n) is 5.59. The molecule has 0 aliphatic heterocycles. The van der Waals surface area contributed by atoms with E-state index in [2.05, 4.69) is 12.2 Å². The van der Waals surface area contributed by atoms with Crippen LogP contribution in [0.5, 0.6) is 0 Å². The van der Waals surface area contributed by atoms with Crippen molar-refractivity contribution in [1.82, 2.24) is 5.32 Å². The number of carbonyl (C=O) groups is 1. The molecule has 0 radical (unpaired) electrons. The number of esters is 1. The quantitative estimate of drug-likeness (QED) is 0.634. The van der Waals surface area contributed by atoms with Crippen LogP contribution in [-0.2, 0) is 9.53 Å². The van der Waals surface area contributed by atoms with Gasteiger partial charge in [0.25, 0.3) is 0 Å². The van der Waals surface area contributed by atoms with Gasteiger partial charge >= 0.3 is 5.97 Å². The summed E-state index contributed by atoms with van der Waals surface area (Å²) in [5, 5.41) is 3.18. The minimum absolute atomic E-state index is 0.139. The van der Waals surface area contributed by atoms with Crippen LogP contribution < -0.4 is 5.32 Å². The fraction of sp³-hybridized carbons (Fsp3) is 0.909. The van der Waals surface area contributed by atoms with Crippen molar-refractivity contribution in [3.8, 4) is 0 Å². The van der Waals surface area contributed by atoms with Gasteiger partial charge in [0.2, 0.25) is 0 Å². The summed E-state index contributed by atoms with van der Waals surface area (Å²) in [6.07, 6.45) is 5.15. The maximum atomic E-state index is 11.0. The standard InChI is InChI=1S/C11H21NO2/c1-3-5-11(6-7-11)9-12-8-10(13)14-4-2/h12H,3-9H2,1-2H3. The highest BCUT2D eigenvalue weighted by atomic mass is 16.5. The van der Waals surface area contributed by atoms with Gasteiger partial charge in [-0.2, -0.15) is 0 Å². The summed E-state index contributed by atoms with van der Waals surface area (Å²) < 4.78 is 4.84. The van der Waals surface area contributed by atoms with E-state index in [1.165, 1.54) is 25.7 Å². The third-order valence-corrected chi connectivity index (χ3v) is 2.81. The Labute approximate surface area is 86.2 Å². The molecule has 1 fully saturated rings. The van der Waals surface area contributed by atoms with E-state index < -0.39 is 0 Å². The normalized spacial score (nSPS) is 17.9. The van der Waals surface area contributed by atoms with E-state index in [1.54, 1.807) is 0 Å². The highest BCUT2D eigenvalue weighted by Crippen LogP contribution is 2.48. The lowest BCUT2D eigenvalue weighted by Gasteiger charge is -2.14. The molecule has 0 aromatic heterocycles. The van der Waals surface area contributed by atoms with E-state index in [1.807, 2.05) is 6.92 Å². The molecule has 3 heteroatoms. The Balaban J connectivity index is 2.06. The van der Waals surface area contributed by atoms with Crippen molar-refractivity contribution < 1.29 is 9.53 Å². The summed E-state index contributed by atoms with van der Waals surface area (Å²) in [7, 11) is 0. The lowest BCUT2D eigenvalue weighted by Crippen LogP contribution is -2.30. The van der Waals surface area contributed by atoms with Gasteiger partial charge in [0.15, 0.2) is 0 Å². The zero-order chi connectivity index (χ0) is 10.4. The van der Waals surface area contributed by atoms with Gasteiger partial charge in [-0.25, -0.2) is 0 Å². The molecule has 0 atom stereocenters. The molecule has 0 aromatic carbocycles. The van der Waals surface area contributed by atoms with E-state index >= 15 is 0 Å². The third-order valence-electron chi connectivity index (χ3n) is 2.81. The Morgan fingerprint density at radius 2 is 2.14 bits per heavy atom. The van der Waals surface area contributed by atoms with Gasteiger partial charge < -0.3 is 10.1 Å². The molecule has 0 amide bonds. The summed E-state index contributed by atoms with van der Waals surface area (Å²) in [5.74, 6) is -0.139. The Morgan fingerprint density at radius 1 is 1.43 bits per heavy atom. The fourth-order valence-electron chi connectivity index (χ4n) is 1.86. The van der Waals surface area contributed by atoms with Crippen molar-refractivity contribution >= 4 is 5.97 Å². The SMILES string of the molecule is CCCC1(CNCC(=O)OCC)CC1. The van der Waals surface area contributed by atoms with Crippen molar-refractivity contribution in [3.63, 3.8) is 0 Å². The van der Waals surface area contributed by atoms with Crippen molar-refractivity contribution in [3.05, 3.63) is 0 Å². The van der Waals surface area contributed by atoms with Crippen LogP contribution in [-0.4, -0.2) is 25.7 Å². The highest BCUT2D eigenvalue weighted by Gasteiger charge is 2.40. The Bertz CT molecular complexity index is 188. The molecule has 1 aliphatic rings. The fourth-order valence-corrected chi connectivity index (χ4v) is 1.86. The molecule has 0 aromatic rings. The second-order valence-corrected chi connectivity index (χ2v) is 4.16. The lowest BCUT2D eigenvalue weighted by molar-refractivity contribution is -0.142. The van der Waals surface area contributed by atoms with E-state index in [0.717, 1.165) is 6.54 Å². The van der Waals surface area contributed by atoms with E-state index in [0.29, 0.717) is 18.6 Å². The van der Waals surface area contributed by atoms with Gasteiger partial charge in [-0.1, -0.05) is 13.3 Å². The third kappa shape index (κ3) is 3.66. The van der Waals surface area contributed by atoms with Crippen molar-refractivity contribution in [2.24, 2.45) is 5.41 Å². The second-order valence-electron chi connectivity index (χ2n) is 4.16. The molecule has 3 nitrogen and oxygen atoms in total. The first-order chi connectivity index (χ1) is 6.72. The second kappa shape index (κ2) is 5.35. The van der Waals surface area contributed by atoms with Gasteiger partial charge in [0.05, 0.1) is 13.2 Å². The smallest absolute Gasteiger partial charge is 0.319 e. The van der Waals surface area contributed by atoms with Gasteiger partial charge in [0.1, 0.15) is 0 Å². The van der Waals surface area contributed by atoms with Crippen molar-refractivity contribution in [1.29, 1.82) is 0 Å². The number of rotatable bonds is 7. The Kier molecular flexibility index (Phi) is 4.39. The molecule has 82 valence electrons. The van der Waals surface area contributed by atoms with Gasteiger partial charge in [-0.15, -0.1) is 0 Å². The van der Waals surface area contributed by atoms with E-state index in [4.69, 9.17) is 4.74 Å². The maximum absolute atomic E-state index is 11.0. The van der Waals surface area contributed by atoms with Crippen LogP contribution in [0, 0.1) is 5.41 Å². The van der Waals surface area contributed by atoms with Crippen molar-refractivity contribution in [2.45, 2.75) is 39.5 Å². The number of nitrogens with one attached hydrogen (secondary N) is 1. The largest absolute Gasteiger partial charge is 0.465 e. The average molecular weight is 199 g/mol. The zero-order valence-corrected chi connectivity index (χ0v) is 9.27. The summed E-state index contributed by atoms with van der Waals surface area (Å²) in [5.41, 5.74) is 0.515. The summed E-state index contributed by atoms with van der Waals surface area (Å²) in [6, 6.07) is 0. The molecule has 0 spiro atoms. The molecule has 1 N–H and O–H groups in total. The molecule has 1 rings (SSSR count). The Morgan fingerprint density at radius 3 is 2.64 bits per heavy atom. The van der Waals surface area contributed by atoms with Crippen LogP contribution in [0.25, 0.3) is 0 Å². The monoisotopic (exact) mass is 199 g/mol. The van der Waals surface area contributed by atoms with Crippen LogP contribution in [0.15, 0.2) is 0 Å². The number of carbonyl (C=O) groups excluding carboxylic acids is 1. The van der Waals surface area contributed by atoms with Crippen LogP contribution in [0.4, 0.5) is 0 Å². The molecule has 0 saturated heterocycles. The predicted octanol–water partition coefficient (Wildman–Crippen LogP) is 1.72.